The minimum Gasteiger partial charge on any atom is -0.309 e. The first-order chi connectivity index (χ1) is 24.3. The highest BCUT2D eigenvalue weighted by Crippen LogP contribution is 2.36. The minimum absolute atomic E-state index is 0.870. The molecule has 0 saturated heterocycles. The number of rotatable bonds is 4. The van der Waals surface area contributed by atoms with Crippen LogP contribution in [0.2, 0.25) is 0 Å². The van der Waals surface area contributed by atoms with Gasteiger partial charge in [-0.1, -0.05) is 140 Å². The maximum atomic E-state index is 5.21. The molecule has 8 aromatic carbocycles. The fraction of sp³-hybridized carbons (Fsp3) is 0. The zero-order valence-electron chi connectivity index (χ0n) is 26.6. The summed E-state index contributed by atoms with van der Waals surface area (Å²) < 4.78 is 2.36. The van der Waals surface area contributed by atoms with Gasteiger partial charge in [0.1, 0.15) is 0 Å². The molecule has 49 heavy (non-hydrogen) atoms. The second-order valence-corrected chi connectivity index (χ2v) is 12.6. The Morgan fingerprint density at radius 2 is 0.816 bits per heavy atom. The molecule has 0 aliphatic carbocycles. The summed E-state index contributed by atoms with van der Waals surface area (Å²) in [4.78, 5) is 10.2. The molecule has 0 atom stereocenters. The first-order valence-electron chi connectivity index (χ1n) is 16.7. The summed E-state index contributed by atoms with van der Waals surface area (Å²) in [5, 5.41) is 7.21. The van der Waals surface area contributed by atoms with Gasteiger partial charge in [-0.25, -0.2) is 4.98 Å². The molecule has 228 valence electrons. The maximum Gasteiger partial charge on any atom is 0.0979 e. The number of nitrogens with zero attached hydrogens (tertiary/aromatic N) is 3. The van der Waals surface area contributed by atoms with E-state index in [1.165, 1.54) is 43.7 Å². The Bertz CT molecular complexity index is 2770. The molecule has 0 N–H and O–H groups in total. The Hall–Kier alpha value is -6.58. The van der Waals surface area contributed by atoms with Crippen molar-refractivity contribution >= 4 is 54.4 Å². The Kier molecular flexibility index (Phi) is 6.18. The standard InChI is InChI=1S/C46H29N3/c1-3-16-40-36(12-1)37-13-2-4-17-41(37)46-45(40)47-29-42(48-46)34-11-9-10-33(28-34)32-22-20-30(21-23-32)31-24-26-35(27-25-31)49-43-18-7-5-14-38(43)39-15-6-8-19-44(39)49/h1-29H. The lowest BCUT2D eigenvalue weighted by Gasteiger charge is -2.11. The van der Waals surface area contributed by atoms with E-state index in [0.29, 0.717) is 0 Å². The topological polar surface area (TPSA) is 30.7 Å². The predicted molar refractivity (Wildman–Crippen MR) is 205 cm³/mol. The average Bonchev–Trinajstić information content (AvgIpc) is 3.52. The SMILES string of the molecule is c1cc(-c2ccc(-c3ccc(-n4c5ccccc5c5ccccc54)cc3)cc2)cc(-c2cnc3c4ccccc4c4ccccc4c3n2)c1. The van der Waals surface area contributed by atoms with Crippen LogP contribution in [0.25, 0.3) is 93.6 Å². The molecule has 0 fully saturated rings. The Morgan fingerprint density at radius 3 is 1.43 bits per heavy atom. The number of para-hydroxylation sites is 2. The molecule has 0 spiro atoms. The third kappa shape index (κ3) is 4.44. The number of hydrogen-bond acceptors (Lipinski definition) is 2. The van der Waals surface area contributed by atoms with Gasteiger partial charge in [0.25, 0.3) is 0 Å². The van der Waals surface area contributed by atoms with Crippen LogP contribution < -0.4 is 0 Å². The van der Waals surface area contributed by atoms with Crippen LogP contribution in [0.15, 0.2) is 176 Å². The van der Waals surface area contributed by atoms with E-state index < -0.39 is 0 Å². The van der Waals surface area contributed by atoms with Gasteiger partial charge in [-0.15, -0.1) is 0 Å². The van der Waals surface area contributed by atoms with Gasteiger partial charge in [0.05, 0.1) is 34.0 Å². The summed E-state index contributed by atoms with van der Waals surface area (Å²) >= 11 is 0. The van der Waals surface area contributed by atoms with Gasteiger partial charge >= 0.3 is 0 Å². The summed E-state index contributed by atoms with van der Waals surface area (Å²) in [5.41, 5.74) is 12.1. The lowest BCUT2D eigenvalue weighted by atomic mass is 9.98. The van der Waals surface area contributed by atoms with E-state index >= 15 is 0 Å². The second kappa shape index (κ2) is 11.0. The van der Waals surface area contributed by atoms with E-state index in [1.807, 2.05) is 6.20 Å². The summed E-state index contributed by atoms with van der Waals surface area (Å²) in [7, 11) is 0. The molecule has 3 heteroatoms. The Morgan fingerprint density at radius 1 is 0.347 bits per heavy atom. The number of hydrogen-bond donors (Lipinski definition) is 0. The lowest BCUT2D eigenvalue weighted by Crippen LogP contribution is -1.93. The summed E-state index contributed by atoms with van der Waals surface area (Å²) in [6.07, 6.45) is 1.91. The Balaban J connectivity index is 0.977. The van der Waals surface area contributed by atoms with Gasteiger partial charge in [-0.05, 0) is 63.4 Å². The molecule has 3 nitrogen and oxygen atoms in total. The number of aromatic nitrogens is 3. The lowest BCUT2D eigenvalue weighted by molar-refractivity contribution is 1.18. The predicted octanol–water partition coefficient (Wildman–Crippen LogP) is 12.0. The quantitative estimate of drug-likeness (QED) is 0.183. The molecular weight excluding hydrogens is 595 g/mol. The van der Waals surface area contributed by atoms with E-state index in [1.54, 1.807) is 0 Å². The molecule has 0 amide bonds. The van der Waals surface area contributed by atoms with Crippen LogP contribution in [0.1, 0.15) is 0 Å². The van der Waals surface area contributed by atoms with Crippen LogP contribution in [-0.4, -0.2) is 14.5 Å². The smallest absolute Gasteiger partial charge is 0.0979 e. The third-order valence-corrected chi connectivity index (χ3v) is 9.84. The average molecular weight is 624 g/mol. The third-order valence-electron chi connectivity index (χ3n) is 9.84. The molecule has 2 aromatic heterocycles. The van der Waals surface area contributed by atoms with E-state index in [-0.39, 0.29) is 0 Å². The first-order valence-corrected chi connectivity index (χ1v) is 16.7. The van der Waals surface area contributed by atoms with Crippen LogP contribution in [-0.2, 0) is 0 Å². The molecule has 2 heterocycles. The normalized spacial score (nSPS) is 11.7. The largest absolute Gasteiger partial charge is 0.309 e. The van der Waals surface area contributed by atoms with Gasteiger partial charge in [0, 0.05) is 32.8 Å². The van der Waals surface area contributed by atoms with Crippen LogP contribution in [0.3, 0.4) is 0 Å². The zero-order chi connectivity index (χ0) is 32.3. The molecule has 0 unspecified atom stereocenters. The van der Waals surface area contributed by atoms with E-state index in [0.717, 1.165) is 49.9 Å². The number of fused-ring (bicyclic) bond motifs is 9. The van der Waals surface area contributed by atoms with Crippen molar-refractivity contribution in [2.45, 2.75) is 0 Å². The molecule has 0 aliphatic heterocycles. The van der Waals surface area contributed by atoms with Crippen LogP contribution in [0, 0.1) is 0 Å². The highest BCUT2D eigenvalue weighted by Gasteiger charge is 2.14. The first kappa shape index (κ1) is 27.5. The second-order valence-electron chi connectivity index (χ2n) is 12.6. The van der Waals surface area contributed by atoms with Crippen LogP contribution >= 0.6 is 0 Å². The van der Waals surface area contributed by atoms with E-state index in [9.17, 15) is 0 Å². The van der Waals surface area contributed by atoms with Crippen LogP contribution in [0.5, 0.6) is 0 Å². The molecule has 0 saturated carbocycles. The van der Waals surface area contributed by atoms with E-state index in [2.05, 4.69) is 174 Å². The summed E-state index contributed by atoms with van der Waals surface area (Å²) in [6.45, 7) is 0. The Labute approximate surface area is 283 Å². The molecule has 10 rings (SSSR count). The molecule has 10 aromatic rings. The van der Waals surface area contributed by atoms with Crippen molar-refractivity contribution < 1.29 is 0 Å². The fourth-order valence-electron chi connectivity index (χ4n) is 7.48. The van der Waals surface area contributed by atoms with Gasteiger partial charge in [0.2, 0.25) is 0 Å². The molecule has 0 aliphatic rings. The van der Waals surface area contributed by atoms with Crippen molar-refractivity contribution in [1.82, 2.24) is 14.5 Å². The molecule has 0 bridgehead atoms. The van der Waals surface area contributed by atoms with Gasteiger partial charge < -0.3 is 4.57 Å². The summed E-state index contributed by atoms with van der Waals surface area (Å²) in [5.74, 6) is 0. The summed E-state index contributed by atoms with van der Waals surface area (Å²) in [6, 6.07) is 60.6. The highest BCUT2D eigenvalue weighted by molar-refractivity contribution is 6.23. The van der Waals surface area contributed by atoms with Crippen molar-refractivity contribution in [2.75, 3.05) is 0 Å². The van der Waals surface area contributed by atoms with Crippen molar-refractivity contribution in [3.8, 4) is 39.2 Å². The molecular formula is C46H29N3. The van der Waals surface area contributed by atoms with Gasteiger partial charge in [-0.2, -0.15) is 0 Å². The zero-order valence-corrected chi connectivity index (χ0v) is 26.6. The minimum atomic E-state index is 0.870. The van der Waals surface area contributed by atoms with Crippen molar-refractivity contribution in [3.05, 3.63) is 176 Å². The van der Waals surface area contributed by atoms with Gasteiger partial charge in [-0.3, -0.25) is 4.98 Å². The van der Waals surface area contributed by atoms with Crippen molar-refractivity contribution in [1.29, 1.82) is 0 Å². The van der Waals surface area contributed by atoms with Gasteiger partial charge in [0.15, 0.2) is 0 Å². The fourth-order valence-corrected chi connectivity index (χ4v) is 7.48. The van der Waals surface area contributed by atoms with Crippen LogP contribution in [0.4, 0.5) is 0 Å². The van der Waals surface area contributed by atoms with Crippen molar-refractivity contribution in [2.24, 2.45) is 0 Å². The monoisotopic (exact) mass is 623 g/mol. The van der Waals surface area contributed by atoms with E-state index in [4.69, 9.17) is 9.97 Å². The number of benzene rings is 8. The maximum absolute atomic E-state index is 5.21. The van der Waals surface area contributed by atoms with Crippen molar-refractivity contribution in [3.63, 3.8) is 0 Å². The highest BCUT2D eigenvalue weighted by atomic mass is 15.0. The molecule has 0 radical (unpaired) electrons.